The summed E-state index contributed by atoms with van der Waals surface area (Å²) in [6.07, 6.45) is 2.48. The molecule has 0 saturated carbocycles. The molecule has 98 valence electrons. The zero-order valence-corrected chi connectivity index (χ0v) is 12.8. The first-order valence-electron chi connectivity index (χ1n) is 6.56. The topological polar surface area (TPSA) is 20.3 Å². The van der Waals surface area contributed by atoms with Crippen LogP contribution in [0.5, 0.6) is 0 Å². The molecule has 2 rings (SSSR count). The van der Waals surface area contributed by atoms with Crippen LogP contribution < -0.4 is 4.90 Å². The lowest BCUT2D eigenvalue weighted by atomic mass is 9.93. The molecule has 18 heavy (non-hydrogen) atoms. The molecule has 1 heterocycles. The fraction of sp³-hybridized carbons (Fsp3) is 0.533. The second-order valence-corrected chi connectivity index (χ2v) is 6.32. The van der Waals surface area contributed by atoms with Crippen molar-refractivity contribution >= 4 is 27.4 Å². The fourth-order valence-corrected chi connectivity index (χ4v) is 3.03. The number of ketones is 1. The molecule has 2 atom stereocenters. The van der Waals surface area contributed by atoms with Crippen LogP contribution in [-0.2, 0) is 0 Å². The lowest BCUT2D eigenvalue weighted by Gasteiger charge is -2.39. The van der Waals surface area contributed by atoms with E-state index in [0.717, 1.165) is 22.3 Å². The number of benzene rings is 1. The first-order chi connectivity index (χ1) is 8.49. The monoisotopic (exact) mass is 309 g/mol. The van der Waals surface area contributed by atoms with Gasteiger partial charge < -0.3 is 4.90 Å². The Labute approximate surface area is 117 Å². The van der Waals surface area contributed by atoms with E-state index in [-0.39, 0.29) is 5.78 Å². The van der Waals surface area contributed by atoms with Gasteiger partial charge in [0.1, 0.15) is 0 Å². The lowest BCUT2D eigenvalue weighted by Crippen LogP contribution is -2.41. The predicted molar refractivity (Wildman–Crippen MR) is 79.4 cm³/mol. The van der Waals surface area contributed by atoms with Crippen LogP contribution in [0.2, 0.25) is 0 Å². The Balaban J connectivity index is 2.40. The summed E-state index contributed by atoms with van der Waals surface area (Å²) in [7, 11) is 0. The number of carbonyl (C=O) groups is 1. The first-order valence-corrected chi connectivity index (χ1v) is 7.35. The summed E-state index contributed by atoms with van der Waals surface area (Å²) in [6.45, 7) is 7.22. The molecule has 0 bridgehead atoms. The summed E-state index contributed by atoms with van der Waals surface area (Å²) in [6, 6.07) is 6.53. The maximum Gasteiger partial charge on any atom is 0.161 e. The van der Waals surface area contributed by atoms with E-state index in [1.54, 1.807) is 6.92 Å². The van der Waals surface area contributed by atoms with Crippen LogP contribution in [0.3, 0.4) is 0 Å². The average molecular weight is 310 g/mol. The molecule has 1 aromatic carbocycles. The largest absolute Gasteiger partial charge is 0.368 e. The highest BCUT2D eigenvalue weighted by Crippen LogP contribution is 2.31. The molecule has 0 aliphatic carbocycles. The van der Waals surface area contributed by atoms with E-state index in [9.17, 15) is 4.79 Å². The van der Waals surface area contributed by atoms with Crippen molar-refractivity contribution in [2.24, 2.45) is 5.92 Å². The van der Waals surface area contributed by atoms with Gasteiger partial charge in [-0.15, -0.1) is 0 Å². The molecule has 0 spiro atoms. The van der Waals surface area contributed by atoms with Gasteiger partial charge in [0.2, 0.25) is 0 Å². The quantitative estimate of drug-likeness (QED) is 0.760. The normalized spacial score (nSPS) is 24.1. The van der Waals surface area contributed by atoms with Crippen LogP contribution in [0, 0.1) is 5.92 Å². The molecule has 0 amide bonds. The van der Waals surface area contributed by atoms with Gasteiger partial charge in [-0.05, 0) is 50.8 Å². The van der Waals surface area contributed by atoms with Gasteiger partial charge in [0.15, 0.2) is 5.78 Å². The van der Waals surface area contributed by atoms with E-state index < -0.39 is 0 Å². The van der Waals surface area contributed by atoms with Crippen molar-refractivity contribution in [1.29, 1.82) is 0 Å². The summed E-state index contributed by atoms with van der Waals surface area (Å²) in [5.74, 6) is 0.835. The van der Waals surface area contributed by atoms with E-state index in [1.807, 2.05) is 12.1 Å². The second-order valence-electron chi connectivity index (χ2n) is 5.40. The Hall–Kier alpha value is -0.830. The number of hydrogen-bond donors (Lipinski definition) is 0. The molecule has 1 aliphatic heterocycles. The fourth-order valence-electron chi connectivity index (χ4n) is 2.67. The number of anilines is 1. The summed E-state index contributed by atoms with van der Waals surface area (Å²) in [4.78, 5) is 14.2. The SMILES string of the molecule is CC(=O)c1cc(Br)ccc1N1CC(C)CCC1C. The molecule has 2 nitrogen and oxygen atoms in total. The summed E-state index contributed by atoms with van der Waals surface area (Å²) in [5, 5.41) is 0. The number of Topliss-reactive ketones (excluding diaryl/α,β-unsaturated/α-hetero) is 1. The Morgan fingerprint density at radius 2 is 2.06 bits per heavy atom. The molecule has 1 aromatic rings. The molecule has 0 N–H and O–H groups in total. The minimum absolute atomic E-state index is 0.136. The second kappa shape index (κ2) is 5.43. The highest BCUT2D eigenvalue weighted by molar-refractivity contribution is 9.10. The molecular weight excluding hydrogens is 290 g/mol. The number of halogens is 1. The maximum atomic E-state index is 11.8. The maximum absolute atomic E-state index is 11.8. The predicted octanol–water partition coefficient (Wildman–Crippen LogP) is 4.28. The average Bonchev–Trinajstić information content (AvgIpc) is 2.32. The number of rotatable bonds is 2. The van der Waals surface area contributed by atoms with E-state index in [2.05, 4.69) is 40.7 Å². The van der Waals surface area contributed by atoms with Crippen LogP contribution in [0.1, 0.15) is 44.0 Å². The van der Waals surface area contributed by atoms with Gasteiger partial charge in [-0.25, -0.2) is 0 Å². The van der Waals surface area contributed by atoms with Crippen molar-refractivity contribution in [1.82, 2.24) is 0 Å². The molecule has 1 aliphatic rings. The number of carbonyl (C=O) groups excluding carboxylic acids is 1. The Morgan fingerprint density at radius 1 is 1.33 bits per heavy atom. The Morgan fingerprint density at radius 3 is 2.72 bits per heavy atom. The summed E-state index contributed by atoms with van der Waals surface area (Å²) >= 11 is 3.44. The van der Waals surface area contributed by atoms with Crippen molar-refractivity contribution in [2.75, 3.05) is 11.4 Å². The standard InChI is InChI=1S/C15H20BrNO/c1-10-4-5-11(2)17(9-10)15-7-6-13(16)8-14(15)12(3)18/h6-8,10-11H,4-5,9H2,1-3H3. The van der Waals surface area contributed by atoms with Crippen molar-refractivity contribution in [2.45, 2.75) is 39.7 Å². The smallest absolute Gasteiger partial charge is 0.161 e. The third kappa shape index (κ3) is 2.77. The van der Waals surface area contributed by atoms with Crippen molar-refractivity contribution in [3.05, 3.63) is 28.2 Å². The highest BCUT2D eigenvalue weighted by Gasteiger charge is 2.25. The number of piperidine rings is 1. The van der Waals surface area contributed by atoms with E-state index in [0.29, 0.717) is 12.0 Å². The van der Waals surface area contributed by atoms with Gasteiger partial charge in [-0.2, -0.15) is 0 Å². The minimum atomic E-state index is 0.136. The molecule has 0 radical (unpaired) electrons. The van der Waals surface area contributed by atoms with Crippen LogP contribution in [0.15, 0.2) is 22.7 Å². The van der Waals surface area contributed by atoms with Crippen LogP contribution in [-0.4, -0.2) is 18.4 Å². The van der Waals surface area contributed by atoms with Crippen molar-refractivity contribution in [3.63, 3.8) is 0 Å². The van der Waals surface area contributed by atoms with E-state index in [4.69, 9.17) is 0 Å². The highest BCUT2D eigenvalue weighted by atomic mass is 79.9. The molecule has 1 fully saturated rings. The van der Waals surface area contributed by atoms with Gasteiger partial charge in [0.25, 0.3) is 0 Å². The van der Waals surface area contributed by atoms with Gasteiger partial charge in [0, 0.05) is 28.3 Å². The molecule has 2 unspecified atom stereocenters. The van der Waals surface area contributed by atoms with E-state index >= 15 is 0 Å². The third-order valence-electron chi connectivity index (χ3n) is 3.76. The van der Waals surface area contributed by atoms with Gasteiger partial charge >= 0.3 is 0 Å². The molecule has 3 heteroatoms. The van der Waals surface area contributed by atoms with Crippen molar-refractivity contribution < 1.29 is 4.79 Å². The lowest BCUT2D eigenvalue weighted by molar-refractivity contribution is 0.101. The first kappa shape index (κ1) is 13.6. The number of hydrogen-bond acceptors (Lipinski definition) is 2. The van der Waals surface area contributed by atoms with Crippen LogP contribution >= 0.6 is 15.9 Å². The molecular formula is C15H20BrNO. The zero-order chi connectivity index (χ0) is 13.3. The van der Waals surface area contributed by atoms with Gasteiger partial charge in [-0.3, -0.25) is 4.79 Å². The number of nitrogens with zero attached hydrogens (tertiary/aromatic N) is 1. The molecule has 1 saturated heterocycles. The Bertz CT molecular complexity index is 458. The van der Waals surface area contributed by atoms with Crippen LogP contribution in [0.25, 0.3) is 0 Å². The third-order valence-corrected chi connectivity index (χ3v) is 4.26. The summed E-state index contributed by atoms with van der Waals surface area (Å²) in [5.41, 5.74) is 1.91. The van der Waals surface area contributed by atoms with Crippen molar-refractivity contribution in [3.8, 4) is 0 Å². The van der Waals surface area contributed by atoms with E-state index in [1.165, 1.54) is 12.8 Å². The Kier molecular flexibility index (Phi) is 4.10. The zero-order valence-electron chi connectivity index (χ0n) is 11.2. The molecule has 0 aromatic heterocycles. The van der Waals surface area contributed by atoms with Gasteiger partial charge in [0.05, 0.1) is 0 Å². The summed E-state index contributed by atoms with van der Waals surface area (Å²) < 4.78 is 0.967. The minimum Gasteiger partial charge on any atom is -0.368 e. The van der Waals surface area contributed by atoms with Crippen LogP contribution in [0.4, 0.5) is 5.69 Å². The van der Waals surface area contributed by atoms with Gasteiger partial charge in [-0.1, -0.05) is 22.9 Å².